The van der Waals surface area contributed by atoms with Gasteiger partial charge in [-0.05, 0) is 49.6 Å². The molecule has 2 N–H and O–H groups in total. The van der Waals surface area contributed by atoms with Crippen LogP contribution in [0.4, 0.5) is 10.5 Å². The molecule has 0 aliphatic carbocycles. The van der Waals surface area contributed by atoms with Crippen molar-refractivity contribution in [1.82, 2.24) is 10.3 Å². The average molecular weight is 440 g/mol. The summed E-state index contributed by atoms with van der Waals surface area (Å²) in [6.45, 7) is 6.23. The van der Waals surface area contributed by atoms with Crippen molar-refractivity contribution in [3.05, 3.63) is 53.9 Å². The molecule has 0 aliphatic heterocycles. The van der Waals surface area contributed by atoms with Crippen molar-refractivity contribution in [2.75, 3.05) is 18.6 Å². The van der Waals surface area contributed by atoms with Crippen LogP contribution in [0, 0.1) is 0 Å². The predicted octanol–water partition coefficient (Wildman–Crippen LogP) is 5.33. The summed E-state index contributed by atoms with van der Waals surface area (Å²) in [5.74, 6) is -1.24. The maximum atomic E-state index is 12.7. The Morgan fingerprint density at radius 1 is 1.22 bits per heavy atom. The van der Waals surface area contributed by atoms with Crippen molar-refractivity contribution in [1.29, 1.82) is 0 Å². The van der Waals surface area contributed by atoms with Gasteiger partial charge < -0.3 is 15.2 Å². The first kappa shape index (κ1) is 24.9. The minimum absolute atomic E-state index is 0.124. The molecule has 7 heteroatoms. The van der Waals surface area contributed by atoms with E-state index in [1.807, 2.05) is 30.3 Å². The van der Waals surface area contributed by atoms with E-state index in [0.717, 1.165) is 42.6 Å². The van der Waals surface area contributed by atoms with E-state index >= 15 is 0 Å². The van der Waals surface area contributed by atoms with E-state index in [-0.39, 0.29) is 24.4 Å². The summed E-state index contributed by atoms with van der Waals surface area (Å²) < 4.78 is 5.13. The Labute approximate surface area is 190 Å². The predicted molar refractivity (Wildman–Crippen MR) is 127 cm³/mol. The summed E-state index contributed by atoms with van der Waals surface area (Å²) in [6, 6.07) is 11.2. The fourth-order valence-electron chi connectivity index (χ4n) is 3.22. The Bertz CT molecular complexity index is 925. The highest BCUT2D eigenvalue weighted by atomic mass is 16.5. The quantitative estimate of drug-likeness (QED) is 0.365. The van der Waals surface area contributed by atoms with Crippen LogP contribution >= 0.6 is 0 Å². The van der Waals surface area contributed by atoms with E-state index in [2.05, 4.69) is 24.1 Å². The molecule has 7 nitrogen and oxygen atoms in total. The molecule has 1 unspecified atom stereocenters. The van der Waals surface area contributed by atoms with Gasteiger partial charge in [-0.25, -0.2) is 9.59 Å². The number of anilines is 1. The molecule has 0 spiro atoms. The maximum absolute atomic E-state index is 12.7. The van der Waals surface area contributed by atoms with Gasteiger partial charge in [0.05, 0.1) is 12.3 Å². The van der Waals surface area contributed by atoms with Gasteiger partial charge in [0.25, 0.3) is 0 Å². The third-order valence-corrected chi connectivity index (χ3v) is 5.16. The normalized spacial score (nSPS) is 12.2. The Kier molecular flexibility index (Phi) is 9.73. The molecule has 2 rings (SSSR count). The van der Waals surface area contributed by atoms with Gasteiger partial charge in [-0.1, -0.05) is 44.9 Å². The zero-order valence-electron chi connectivity index (χ0n) is 19.3. The minimum atomic E-state index is -1.12. The molecule has 0 aliphatic rings. The molecule has 0 radical (unpaired) electrons. The Morgan fingerprint density at radius 3 is 2.59 bits per heavy atom. The van der Waals surface area contributed by atoms with Gasteiger partial charge in [0.15, 0.2) is 0 Å². The lowest BCUT2D eigenvalue weighted by molar-refractivity contribution is -0.136. The number of benzene rings is 1. The zero-order valence-corrected chi connectivity index (χ0v) is 19.3. The number of carboxylic acids is 1. The third-order valence-electron chi connectivity index (χ3n) is 5.16. The topological polar surface area (TPSA) is 91.8 Å². The number of urea groups is 1. The summed E-state index contributed by atoms with van der Waals surface area (Å²) in [5, 5.41) is 12.3. The van der Waals surface area contributed by atoms with E-state index in [0.29, 0.717) is 5.56 Å². The van der Waals surface area contributed by atoms with Crippen LogP contribution in [-0.4, -0.2) is 41.8 Å². The van der Waals surface area contributed by atoms with Gasteiger partial charge in [0.2, 0.25) is 5.76 Å². The number of aliphatic carboxylic acids is 1. The van der Waals surface area contributed by atoms with Crippen molar-refractivity contribution in [2.45, 2.75) is 52.5 Å². The van der Waals surface area contributed by atoms with E-state index in [1.165, 1.54) is 6.08 Å². The lowest BCUT2D eigenvalue weighted by Gasteiger charge is -2.23. The molecule has 0 fully saturated rings. The van der Waals surface area contributed by atoms with Crippen LogP contribution in [0.5, 0.6) is 0 Å². The standard InChI is InChI=1S/C25H33N3O4/c1-5-8-11-20(6-2)27-25(31)28(4)21-12-9-10-19(16-21)22-14-13-18(17-26-22)15-23(24(29)30)32-7-3/h9-10,12-17,20H,5-8,11H2,1-4H3,(H,27,31)(H,29,30)/b23-15-. The number of nitrogens with one attached hydrogen (secondary N) is 1. The van der Waals surface area contributed by atoms with Crippen LogP contribution in [0.25, 0.3) is 17.3 Å². The Morgan fingerprint density at radius 2 is 2.00 bits per heavy atom. The van der Waals surface area contributed by atoms with Gasteiger partial charge in [-0.15, -0.1) is 0 Å². The van der Waals surface area contributed by atoms with Crippen LogP contribution < -0.4 is 10.2 Å². The highest BCUT2D eigenvalue weighted by Crippen LogP contribution is 2.24. The number of carbonyl (C=O) groups is 2. The highest BCUT2D eigenvalue weighted by Gasteiger charge is 2.16. The molecule has 1 heterocycles. The molecular weight excluding hydrogens is 406 g/mol. The van der Waals surface area contributed by atoms with E-state index < -0.39 is 5.97 Å². The van der Waals surface area contributed by atoms with Gasteiger partial charge in [-0.3, -0.25) is 9.88 Å². The summed E-state index contributed by atoms with van der Waals surface area (Å²) in [6.07, 6.45) is 7.11. The van der Waals surface area contributed by atoms with Crippen molar-refractivity contribution < 1.29 is 19.4 Å². The molecule has 1 atom stereocenters. The number of carbonyl (C=O) groups excluding carboxylic acids is 1. The molecule has 172 valence electrons. The van der Waals surface area contributed by atoms with Gasteiger partial charge >= 0.3 is 12.0 Å². The number of carboxylic acid groups (broad SMARTS) is 1. The molecule has 1 aromatic carbocycles. The Hall–Kier alpha value is -3.35. The number of pyridine rings is 1. The first-order chi connectivity index (χ1) is 15.4. The second-order valence-electron chi connectivity index (χ2n) is 7.53. The Balaban J connectivity index is 2.15. The molecule has 2 aromatic rings. The van der Waals surface area contributed by atoms with E-state index in [4.69, 9.17) is 4.74 Å². The summed E-state index contributed by atoms with van der Waals surface area (Å²) in [5.41, 5.74) is 2.98. The number of aromatic nitrogens is 1. The zero-order chi connectivity index (χ0) is 23.5. The SMILES string of the molecule is CCCCC(CC)NC(=O)N(C)c1cccc(-c2ccc(/C=C(\OCC)C(=O)O)cn2)c1. The van der Waals surface area contributed by atoms with Crippen molar-refractivity contribution in [3.8, 4) is 11.3 Å². The number of hydrogen-bond acceptors (Lipinski definition) is 4. The van der Waals surface area contributed by atoms with Crippen molar-refractivity contribution in [2.24, 2.45) is 0 Å². The number of ether oxygens (including phenoxy) is 1. The number of nitrogens with zero attached hydrogens (tertiary/aromatic N) is 2. The second-order valence-corrected chi connectivity index (χ2v) is 7.53. The first-order valence-electron chi connectivity index (χ1n) is 11.1. The van der Waals surface area contributed by atoms with Crippen LogP contribution in [-0.2, 0) is 9.53 Å². The molecule has 32 heavy (non-hydrogen) atoms. The lowest BCUT2D eigenvalue weighted by atomic mass is 10.1. The van der Waals surface area contributed by atoms with Crippen LogP contribution in [0.3, 0.4) is 0 Å². The molecule has 0 bridgehead atoms. The smallest absolute Gasteiger partial charge is 0.371 e. The minimum Gasteiger partial charge on any atom is -0.487 e. The number of hydrogen-bond donors (Lipinski definition) is 2. The van der Waals surface area contributed by atoms with Crippen LogP contribution in [0.1, 0.15) is 52.0 Å². The van der Waals surface area contributed by atoms with E-state index in [9.17, 15) is 14.7 Å². The van der Waals surface area contributed by atoms with Crippen LogP contribution in [0.15, 0.2) is 48.4 Å². The van der Waals surface area contributed by atoms with Gasteiger partial charge in [-0.2, -0.15) is 0 Å². The highest BCUT2D eigenvalue weighted by molar-refractivity contribution is 5.92. The maximum Gasteiger partial charge on any atom is 0.371 e. The second kappa shape index (κ2) is 12.5. The number of amides is 2. The molecule has 0 saturated heterocycles. The fraction of sp³-hybridized carbons (Fsp3) is 0.400. The summed E-state index contributed by atoms with van der Waals surface area (Å²) >= 11 is 0. The average Bonchev–Trinajstić information content (AvgIpc) is 2.81. The summed E-state index contributed by atoms with van der Waals surface area (Å²) in [4.78, 5) is 30.0. The lowest BCUT2D eigenvalue weighted by Crippen LogP contribution is -2.43. The first-order valence-corrected chi connectivity index (χ1v) is 11.1. The van der Waals surface area contributed by atoms with Crippen molar-refractivity contribution >= 4 is 23.8 Å². The molecule has 1 aromatic heterocycles. The van der Waals surface area contributed by atoms with Crippen LogP contribution in [0.2, 0.25) is 0 Å². The monoisotopic (exact) mass is 439 g/mol. The largest absolute Gasteiger partial charge is 0.487 e. The van der Waals surface area contributed by atoms with Crippen molar-refractivity contribution in [3.63, 3.8) is 0 Å². The fourth-order valence-corrected chi connectivity index (χ4v) is 3.22. The summed E-state index contributed by atoms with van der Waals surface area (Å²) in [7, 11) is 1.75. The number of unbranched alkanes of at least 4 members (excludes halogenated alkanes) is 1. The van der Waals surface area contributed by atoms with Gasteiger partial charge in [0.1, 0.15) is 0 Å². The third kappa shape index (κ3) is 7.11. The molecule has 2 amide bonds. The van der Waals surface area contributed by atoms with Gasteiger partial charge in [0, 0.05) is 30.5 Å². The van der Waals surface area contributed by atoms with E-state index in [1.54, 1.807) is 31.1 Å². The molecule has 0 saturated carbocycles. The molecular formula is C25H33N3O4. The number of rotatable bonds is 11.